The van der Waals surface area contributed by atoms with E-state index in [9.17, 15) is 31.1 Å². The minimum atomic E-state index is -1.80. The number of carbonyl (C=O) groups excluding carboxylic acids is 1. The van der Waals surface area contributed by atoms with Gasteiger partial charge in [0.05, 0.1) is 11.3 Å². The van der Waals surface area contributed by atoms with Gasteiger partial charge in [-0.1, -0.05) is 0 Å². The van der Waals surface area contributed by atoms with Crippen molar-refractivity contribution in [2.24, 2.45) is 0 Å². The maximum Gasteiger partial charge on any atom is 0.259 e. The minimum absolute atomic E-state index is 0.0816. The van der Waals surface area contributed by atoms with Crippen molar-refractivity contribution in [2.75, 3.05) is 10.6 Å². The number of amides is 1. The summed E-state index contributed by atoms with van der Waals surface area (Å²) in [6.07, 6.45) is 0. The SMILES string of the molecule is O=C(Nc1ccc(Nc2ccc(F)c(F)c2F)nn1)c1ccc(F)c(F)c1F. The molecule has 0 radical (unpaired) electrons. The van der Waals surface area contributed by atoms with E-state index in [0.717, 1.165) is 12.1 Å². The van der Waals surface area contributed by atoms with Gasteiger partial charge in [0.1, 0.15) is 0 Å². The number of hydrogen-bond acceptors (Lipinski definition) is 4. The van der Waals surface area contributed by atoms with Crippen LogP contribution in [0.25, 0.3) is 0 Å². The molecule has 3 rings (SSSR count). The standard InChI is InChI=1S/C17H8F6N4O/c18-8-2-1-7(13(20)14(8)21)17(28)25-12-6-5-11(26-27-12)24-10-4-3-9(19)15(22)16(10)23/h1-6H,(H,24,26)(H,25,27,28). The second-order valence-electron chi connectivity index (χ2n) is 5.33. The quantitative estimate of drug-likeness (QED) is 0.508. The number of hydrogen-bond donors (Lipinski definition) is 2. The monoisotopic (exact) mass is 398 g/mol. The molecule has 2 N–H and O–H groups in total. The lowest BCUT2D eigenvalue weighted by Gasteiger charge is -2.09. The molecule has 11 heteroatoms. The van der Waals surface area contributed by atoms with E-state index in [0.29, 0.717) is 12.1 Å². The highest BCUT2D eigenvalue weighted by Gasteiger charge is 2.19. The Balaban J connectivity index is 1.74. The Kier molecular flexibility index (Phi) is 5.16. The molecule has 144 valence electrons. The number of carbonyl (C=O) groups is 1. The van der Waals surface area contributed by atoms with Crippen LogP contribution in [-0.2, 0) is 0 Å². The first kappa shape index (κ1) is 19.1. The van der Waals surface area contributed by atoms with E-state index in [4.69, 9.17) is 0 Å². The van der Waals surface area contributed by atoms with Crippen molar-refractivity contribution in [3.63, 3.8) is 0 Å². The van der Waals surface area contributed by atoms with Crippen LogP contribution in [0.2, 0.25) is 0 Å². The summed E-state index contributed by atoms with van der Waals surface area (Å²) in [5.74, 6) is -10.8. The van der Waals surface area contributed by atoms with Gasteiger partial charge >= 0.3 is 0 Å². The van der Waals surface area contributed by atoms with Crippen LogP contribution >= 0.6 is 0 Å². The zero-order valence-corrected chi connectivity index (χ0v) is 13.5. The van der Waals surface area contributed by atoms with Crippen molar-refractivity contribution in [3.05, 3.63) is 76.9 Å². The number of rotatable bonds is 4. The van der Waals surface area contributed by atoms with Gasteiger partial charge in [-0.15, -0.1) is 10.2 Å². The molecule has 28 heavy (non-hydrogen) atoms. The Bertz CT molecular complexity index is 1060. The van der Waals surface area contributed by atoms with E-state index < -0.39 is 52.1 Å². The Hall–Kier alpha value is -3.63. The molecule has 1 aromatic heterocycles. The third-order valence-corrected chi connectivity index (χ3v) is 3.48. The average Bonchev–Trinajstić information content (AvgIpc) is 2.68. The van der Waals surface area contributed by atoms with Gasteiger partial charge in [0.25, 0.3) is 5.91 Å². The van der Waals surface area contributed by atoms with Crippen LogP contribution in [0.3, 0.4) is 0 Å². The number of anilines is 3. The van der Waals surface area contributed by atoms with Gasteiger partial charge in [-0.25, -0.2) is 26.3 Å². The maximum absolute atomic E-state index is 13.6. The van der Waals surface area contributed by atoms with Crippen LogP contribution in [0.5, 0.6) is 0 Å². The fraction of sp³-hybridized carbons (Fsp3) is 0. The van der Waals surface area contributed by atoms with Crippen LogP contribution < -0.4 is 10.6 Å². The molecule has 0 spiro atoms. The molecular formula is C17H8F6N4O. The van der Waals surface area contributed by atoms with Crippen molar-refractivity contribution in [3.8, 4) is 0 Å². The summed E-state index contributed by atoms with van der Waals surface area (Å²) >= 11 is 0. The second kappa shape index (κ2) is 7.55. The summed E-state index contributed by atoms with van der Waals surface area (Å²) in [6.45, 7) is 0. The van der Waals surface area contributed by atoms with E-state index in [1.165, 1.54) is 12.1 Å². The molecule has 5 nitrogen and oxygen atoms in total. The van der Waals surface area contributed by atoms with Gasteiger partial charge in [0.15, 0.2) is 46.5 Å². The predicted octanol–water partition coefficient (Wildman–Crippen LogP) is 4.31. The molecule has 0 aliphatic carbocycles. The zero-order chi connectivity index (χ0) is 20.4. The van der Waals surface area contributed by atoms with Crippen molar-refractivity contribution < 1.29 is 31.1 Å². The molecule has 0 unspecified atom stereocenters. The fourth-order valence-electron chi connectivity index (χ4n) is 2.11. The molecule has 0 saturated carbocycles. The molecule has 2 aromatic carbocycles. The largest absolute Gasteiger partial charge is 0.336 e. The summed E-state index contributed by atoms with van der Waals surface area (Å²) in [5.41, 5.74) is -1.17. The second-order valence-corrected chi connectivity index (χ2v) is 5.33. The van der Waals surface area contributed by atoms with E-state index >= 15 is 0 Å². The Labute approximate surface area is 153 Å². The fourth-order valence-corrected chi connectivity index (χ4v) is 2.11. The van der Waals surface area contributed by atoms with E-state index in [1.54, 1.807) is 0 Å². The van der Waals surface area contributed by atoms with Crippen LogP contribution in [0.4, 0.5) is 43.7 Å². The molecule has 0 aliphatic rings. The number of benzene rings is 2. The number of nitrogens with zero attached hydrogens (tertiary/aromatic N) is 2. The maximum atomic E-state index is 13.6. The third-order valence-electron chi connectivity index (χ3n) is 3.48. The topological polar surface area (TPSA) is 66.9 Å². The molecular weight excluding hydrogens is 390 g/mol. The van der Waals surface area contributed by atoms with Gasteiger partial charge in [-0.3, -0.25) is 4.79 Å². The minimum Gasteiger partial charge on any atom is -0.336 e. The summed E-state index contributed by atoms with van der Waals surface area (Å²) < 4.78 is 79.4. The van der Waals surface area contributed by atoms with E-state index in [1.807, 2.05) is 0 Å². The first-order valence-corrected chi connectivity index (χ1v) is 7.47. The normalized spacial score (nSPS) is 10.6. The number of nitrogens with one attached hydrogen (secondary N) is 2. The molecule has 0 fully saturated rings. The predicted molar refractivity (Wildman–Crippen MR) is 85.9 cm³/mol. The summed E-state index contributed by atoms with van der Waals surface area (Å²) in [6, 6.07) is 5.35. The van der Waals surface area contributed by atoms with E-state index in [-0.39, 0.29) is 11.6 Å². The molecule has 0 bridgehead atoms. The average molecular weight is 398 g/mol. The van der Waals surface area contributed by atoms with Crippen molar-refractivity contribution in [1.82, 2.24) is 10.2 Å². The first-order valence-electron chi connectivity index (χ1n) is 7.47. The molecule has 1 amide bonds. The molecule has 1 heterocycles. The first-order chi connectivity index (χ1) is 13.3. The van der Waals surface area contributed by atoms with Gasteiger partial charge in [0, 0.05) is 0 Å². The highest BCUT2D eigenvalue weighted by atomic mass is 19.2. The van der Waals surface area contributed by atoms with Crippen LogP contribution in [-0.4, -0.2) is 16.1 Å². The Morgan fingerprint density at radius 1 is 0.679 bits per heavy atom. The zero-order valence-electron chi connectivity index (χ0n) is 13.5. The van der Waals surface area contributed by atoms with Crippen molar-refractivity contribution in [2.45, 2.75) is 0 Å². The lowest BCUT2D eigenvalue weighted by atomic mass is 10.2. The molecule has 0 saturated heterocycles. The van der Waals surface area contributed by atoms with Crippen molar-refractivity contribution in [1.29, 1.82) is 0 Å². The van der Waals surface area contributed by atoms with E-state index in [2.05, 4.69) is 20.8 Å². The van der Waals surface area contributed by atoms with Crippen LogP contribution in [0.15, 0.2) is 36.4 Å². The van der Waals surface area contributed by atoms with Gasteiger partial charge in [-0.2, -0.15) is 0 Å². The number of halogens is 6. The van der Waals surface area contributed by atoms with Gasteiger partial charge in [0.2, 0.25) is 0 Å². The van der Waals surface area contributed by atoms with Gasteiger partial charge in [-0.05, 0) is 36.4 Å². The third kappa shape index (κ3) is 3.72. The summed E-state index contributed by atoms with van der Waals surface area (Å²) in [7, 11) is 0. The highest BCUT2D eigenvalue weighted by Crippen LogP contribution is 2.23. The Morgan fingerprint density at radius 3 is 1.89 bits per heavy atom. The molecule has 0 aliphatic heterocycles. The lowest BCUT2D eigenvalue weighted by Crippen LogP contribution is -2.16. The van der Waals surface area contributed by atoms with Crippen molar-refractivity contribution >= 4 is 23.2 Å². The van der Waals surface area contributed by atoms with Gasteiger partial charge < -0.3 is 10.6 Å². The highest BCUT2D eigenvalue weighted by molar-refractivity contribution is 6.03. The van der Waals surface area contributed by atoms with Crippen LogP contribution in [0, 0.1) is 34.9 Å². The molecule has 0 atom stereocenters. The smallest absolute Gasteiger partial charge is 0.259 e. The lowest BCUT2D eigenvalue weighted by molar-refractivity contribution is 0.102. The van der Waals surface area contributed by atoms with Crippen LogP contribution in [0.1, 0.15) is 10.4 Å². The number of aromatic nitrogens is 2. The summed E-state index contributed by atoms with van der Waals surface area (Å²) in [5, 5.41) is 11.6. The summed E-state index contributed by atoms with van der Waals surface area (Å²) in [4.78, 5) is 11.9. The Morgan fingerprint density at radius 2 is 1.25 bits per heavy atom. The molecule has 3 aromatic rings.